The zero-order valence-corrected chi connectivity index (χ0v) is 13.6. The van der Waals surface area contributed by atoms with Gasteiger partial charge in [0, 0.05) is 6.21 Å². The summed E-state index contributed by atoms with van der Waals surface area (Å²) in [5, 5.41) is 0. The number of nitrogens with zero attached hydrogens (tertiary/aromatic N) is 1. The minimum absolute atomic E-state index is 0.405. The van der Waals surface area contributed by atoms with Crippen molar-refractivity contribution in [2.75, 3.05) is 6.54 Å². The van der Waals surface area contributed by atoms with Gasteiger partial charge in [0.25, 0.3) is 0 Å². The predicted molar refractivity (Wildman–Crippen MR) is 85.4 cm³/mol. The van der Waals surface area contributed by atoms with Gasteiger partial charge in [-0.15, -0.1) is 0 Å². The summed E-state index contributed by atoms with van der Waals surface area (Å²) in [6.45, 7) is 5.95. The first-order valence-electron chi connectivity index (χ1n) is 7.29. The first-order chi connectivity index (χ1) is 10.5. The molecule has 23 heavy (non-hydrogen) atoms. The number of rotatable bonds is 2. The second-order valence-corrected chi connectivity index (χ2v) is 6.24. The lowest BCUT2D eigenvalue weighted by atomic mass is 9.90. The lowest BCUT2D eigenvalue weighted by molar-refractivity contribution is -0.0920. The van der Waals surface area contributed by atoms with Gasteiger partial charge in [0.05, 0.1) is 12.1 Å². The van der Waals surface area contributed by atoms with Gasteiger partial charge in [0.15, 0.2) is 0 Å². The molecular weight excluding hydrogens is 306 g/mol. The molecule has 0 atom stereocenters. The largest absolute Gasteiger partial charge is 0.414 e. The Balaban J connectivity index is 2.65. The monoisotopic (exact) mass is 325 g/mol. The van der Waals surface area contributed by atoms with Crippen molar-refractivity contribution >= 4 is 11.8 Å². The standard InChI is InChI=1S/C18H19F4N/c1-11-5-6-13(17(3,4)19)7-15(11)16-8-14(18(20,21)22)10-23-9-12(16)2/h5-9H,10H2,1-4H3. The molecular formula is C18H19F4N. The molecule has 0 unspecified atom stereocenters. The maximum absolute atomic E-state index is 14.2. The number of halogens is 4. The quantitative estimate of drug-likeness (QED) is 0.633. The highest BCUT2D eigenvalue weighted by Crippen LogP contribution is 2.35. The fourth-order valence-electron chi connectivity index (χ4n) is 2.43. The molecule has 5 heteroatoms. The van der Waals surface area contributed by atoms with Crippen molar-refractivity contribution in [1.82, 2.24) is 0 Å². The zero-order valence-electron chi connectivity index (χ0n) is 13.6. The first kappa shape index (κ1) is 17.4. The molecule has 0 fully saturated rings. The summed E-state index contributed by atoms with van der Waals surface area (Å²) >= 11 is 0. The van der Waals surface area contributed by atoms with Crippen LogP contribution in [0.15, 0.2) is 40.4 Å². The molecule has 124 valence electrons. The molecule has 1 aliphatic heterocycles. The van der Waals surface area contributed by atoms with Crippen molar-refractivity contribution in [2.45, 2.75) is 39.5 Å². The summed E-state index contributed by atoms with van der Waals surface area (Å²) in [5.41, 5.74) is 0.614. The molecule has 2 rings (SSSR count). The first-order valence-corrected chi connectivity index (χ1v) is 7.29. The molecule has 1 nitrogen and oxygen atoms in total. The van der Waals surface area contributed by atoms with E-state index in [4.69, 9.17) is 0 Å². The molecule has 0 amide bonds. The number of benzene rings is 1. The predicted octanol–water partition coefficient (Wildman–Crippen LogP) is 5.55. The Morgan fingerprint density at radius 2 is 1.70 bits per heavy atom. The minimum atomic E-state index is -4.43. The van der Waals surface area contributed by atoms with Crippen LogP contribution < -0.4 is 0 Å². The van der Waals surface area contributed by atoms with Crippen molar-refractivity contribution in [2.24, 2.45) is 4.99 Å². The molecule has 0 aromatic heterocycles. The Bertz CT molecular complexity index is 701. The van der Waals surface area contributed by atoms with Gasteiger partial charge in [0.1, 0.15) is 5.67 Å². The summed E-state index contributed by atoms with van der Waals surface area (Å²) in [4.78, 5) is 3.83. The van der Waals surface area contributed by atoms with Crippen molar-refractivity contribution in [3.05, 3.63) is 52.1 Å². The van der Waals surface area contributed by atoms with Gasteiger partial charge in [-0.2, -0.15) is 13.2 Å². The summed E-state index contributed by atoms with van der Waals surface area (Å²) < 4.78 is 53.5. The summed E-state index contributed by atoms with van der Waals surface area (Å²) in [6.07, 6.45) is -1.87. The van der Waals surface area contributed by atoms with E-state index in [0.29, 0.717) is 22.3 Å². The molecule has 0 N–H and O–H groups in total. The van der Waals surface area contributed by atoms with Crippen LogP contribution in [0.3, 0.4) is 0 Å². The molecule has 0 aliphatic carbocycles. The number of aliphatic imine (C=N–C) groups is 1. The van der Waals surface area contributed by atoms with E-state index < -0.39 is 24.0 Å². The Morgan fingerprint density at radius 3 is 2.26 bits per heavy atom. The van der Waals surface area contributed by atoms with E-state index in [1.54, 1.807) is 32.0 Å². The van der Waals surface area contributed by atoms with Crippen LogP contribution in [0.5, 0.6) is 0 Å². The highest BCUT2D eigenvalue weighted by molar-refractivity contribution is 5.95. The molecule has 0 saturated heterocycles. The highest BCUT2D eigenvalue weighted by atomic mass is 19.4. The summed E-state index contributed by atoms with van der Waals surface area (Å²) in [5.74, 6) is 0. The smallest absolute Gasteiger partial charge is 0.288 e. The Hall–Kier alpha value is -1.91. The molecule has 1 heterocycles. The Labute approximate surface area is 133 Å². The highest BCUT2D eigenvalue weighted by Gasteiger charge is 2.34. The van der Waals surface area contributed by atoms with Gasteiger partial charge in [0.2, 0.25) is 0 Å². The molecule has 1 aromatic rings. The molecule has 1 aromatic carbocycles. The second-order valence-electron chi connectivity index (χ2n) is 6.24. The van der Waals surface area contributed by atoms with Gasteiger partial charge in [-0.3, -0.25) is 4.99 Å². The molecule has 0 spiro atoms. The van der Waals surface area contributed by atoms with Crippen LogP contribution >= 0.6 is 0 Å². The third-order valence-corrected chi connectivity index (χ3v) is 3.87. The van der Waals surface area contributed by atoms with E-state index in [2.05, 4.69) is 4.99 Å². The van der Waals surface area contributed by atoms with Crippen LogP contribution in [0.2, 0.25) is 0 Å². The van der Waals surface area contributed by atoms with Gasteiger partial charge < -0.3 is 0 Å². The van der Waals surface area contributed by atoms with Gasteiger partial charge in [-0.25, -0.2) is 4.39 Å². The Kier molecular flexibility index (Phi) is 4.51. The lowest BCUT2D eigenvalue weighted by Gasteiger charge is -2.18. The topological polar surface area (TPSA) is 12.4 Å². The van der Waals surface area contributed by atoms with Crippen molar-refractivity contribution in [3.8, 4) is 0 Å². The summed E-state index contributed by atoms with van der Waals surface area (Å²) in [7, 11) is 0. The molecule has 1 aliphatic rings. The van der Waals surface area contributed by atoms with E-state index in [-0.39, 0.29) is 0 Å². The van der Waals surface area contributed by atoms with E-state index in [1.165, 1.54) is 20.1 Å². The van der Waals surface area contributed by atoms with E-state index >= 15 is 0 Å². The SMILES string of the molecule is CC1=C(c2cc(C(C)(C)F)ccc2C)C=C(C(F)(F)F)CN=C1. The van der Waals surface area contributed by atoms with Gasteiger partial charge >= 0.3 is 6.18 Å². The van der Waals surface area contributed by atoms with Crippen LogP contribution in [0.4, 0.5) is 17.6 Å². The third-order valence-electron chi connectivity index (χ3n) is 3.87. The number of aryl methyl sites for hydroxylation is 1. The number of alkyl halides is 4. The summed E-state index contributed by atoms with van der Waals surface area (Å²) in [6, 6.07) is 5.02. The fourth-order valence-corrected chi connectivity index (χ4v) is 2.43. The van der Waals surface area contributed by atoms with Crippen LogP contribution in [0, 0.1) is 6.92 Å². The maximum Gasteiger partial charge on any atom is 0.414 e. The third kappa shape index (κ3) is 3.89. The van der Waals surface area contributed by atoms with E-state index in [9.17, 15) is 17.6 Å². The van der Waals surface area contributed by atoms with E-state index in [1.807, 2.05) is 0 Å². The molecule has 0 radical (unpaired) electrons. The number of allylic oxidation sites excluding steroid dienone is 3. The normalized spacial score (nSPS) is 16.4. The van der Waals surface area contributed by atoms with Crippen LogP contribution in [-0.4, -0.2) is 18.9 Å². The maximum atomic E-state index is 14.2. The van der Waals surface area contributed by atoms with Gasteiger partial charge in [-0.05, 0) is 67.7 Å². The van der Waals surface area contributed by atoms with Crippen LogP contribution in [-0.2, 0) is 5.67 Å². The van der Waals surface area contributed by atoms with Crippen molar-refractivity contribution < 1.29 is 17.6 Å². The van der Waals surface area contributed by atoms with Gasteiger partial charge in [-0.1, -0.05) is 12.1 Å². The van der Waals surface area contributed by atoms with Crippen molar-refractivity contribution in [1.29, 1.82) is 0 Å². The number of hydrogen-bond acceptors (Lipinski definition) is 1. The number of hydrogen-bond donors (Lipinski definition) is 0. The minimum Gasteiger partial charge on any atom is -0.288 e. The average Bonchev–Trinajstić information content (AvgIpc) is 2.59. The molecule has 0 saturated carbocycles. The average molecular weight is 325 g/mol. The lowest BCUT2D eigenvalue weighted by Crippen LogP contribution is -2.14. The van der Waals surface area contributed by atoms with Crippen molar-refractivity contribution in [3.63, 3.8) is 0 Å². The van der Waals surface area contributed by atoms with Crippen LogP contribution in [0.25, 0.3) is 5.57 Å². The van der Waals surface area contributed by atoms with Crippen LogP contribution in [0.1, 0.15) is 37.5 Å². The molecule has 0 bridgehead atoms. The van der Waals surface area contributed by atoms with E-state index in [0.717, 1.165) is 11.6 Å². The zero-order chi connectivity index (χ0) is 17.4. The second kappa shape index (κ2) is 5.95. The fraction of sp³-hybridized carbons (Fsp3) is 0.389. The Morgan fingerprint density at radius 1 is 1.04 bits per heavy atom.